The maximum Gasteiger partial charge on any atom is 0.126 e. The molecule has 0 radical (unpaired) electrons. The smallest absolute Gasteiger partial charge is 0.126 e. The highest BCUT2D eigenvalue weighted by Gasteiger charge is 2.34. The molecule has 1 aliphatic heterocycles. The molecular formula is C20H28N6. The Morgan fingerprint density at radius 1 is 1.23 bits per heavy atom. The Morgan fingerprint density at radius 2 is 2.04 bits per heavy atom. The van der Waals surface area contributed by atoms with Gasteiger partial charge in [-0.15, -0.1) is 0 Å². The highest BCUT2D eigenvalue weighted by Crippen LogP contribution is 2.45. The number of anilines is 1. The van der Waals surface area contributed by atoms with Gasteiger partial charge in [0.2, 0.25) is 0 Å². The molecule has 3 N–H and O–H groups in total. The summed E-state index contributed by atoms with van der Waals surface area (Å²) in [6, 6.07) is 7.32. The lowest BCUT2D eigenvalue weighted by molar-refractivity contribution is 0.189. The van der Waals surface area contributed by atoms with E-state index in [9.17, 15) is 0 Å². The third kappa shape index (κ3) is 3.01. The van der Waals surface area contributed by atoms with Gasteiger partial charge in [0.15, 0.2) is 0 Å². The number of aromatic nitrogens is 3. The summed E-state index contributed by atoms with van der Waals surface area (Å²) >= 11 is 0. The van der Waals surface area contributed by atoms with Crippen LogP contribution in [0.15, 0.2) is 24.4 Å². The molecule has 0 atom stereocenters. The van der Waals surface area contributed by atoms with Gasteiger partial charge in [0.25, 0.3) is 0 Å². The van der Waals surface area contributed by atoms with Gasteiger partial charge in [-0.05, 0) is 57.3 Å². The van der Waals surface area contributed by atoms with Crippen LogP contribution in [0, 0.1) is 5.92 Å². The summed E-state index contributed by atoms with van der Waals surface area (Å²) in [6.07, 6.45) is 7.06. The van der Waals surface area contributed by atoms with Crippen LogP contribution in [-0.4, -0.2) is 52.4 Å². The van der Waals surface area contributed by atoms with Crippen molar-refractivity contribution in [2.24, 2.45) is 11.7 Å². The number of nitrogens with one attached hydrogen (secondary N) is 1. The van der Waals surface area contributed by atoms with Crippen LogP contribution < -0.4 is 11.1 Å². The maximum absolute atomic E-state index is 5.79. The summed E-state index contributed by atoms with van der Waals surface area (Å²) in [7, 11) is 2.15. The van der Waals surface area contributed by atoms with E-state index in [1.165, 1.54) is 24.1 Å². The third-order valence-corrected chi connectivity index (χ3v) is 6.08. The number of likely N-dealkylation sites (tertiary alicyclic amines) is 1. The fourth-order valence-electron chi connectivity index (χ4n) is 4.22. The molecule has 2 aliphatic carbocycles. The molecule has 2 aromatic rings. The molecular weight excluding hydrogens is 324 g/mol. The molecule has 0 aromatic carbocycles. The van der Waals surface area contributed by atoms with Gasteiger partial charge in [0.05, 0.1) is 23.5 Å². The molecule has 3 heterocycles. The highest BCUT2D eigenvalue weighted by atomic mass is 15.3. The Balaban J connectivity index is 1.39. The van der Waals surface area contributed by atoms with Crippen molar-refractivity contribution in [3.8, 4) is 11.3 Å². The second-order valence-corrected chi connectivity index (χ2v) is 8.38. The number of pyridine rings is 1. The highest BCUT2D eigenvalue weighted by molar-refractivity contribution is 5.64. The third-order valence-electron chi connectivity index (χ3n) is 6.08. The first-order chi connectivity index (χ1) is 12.7. The van der Waals surface area contributed by atoms with Crippen LogP contribution in [0.5, 0.6) is 0 Å². The molecule has 0 bridgehead atoms. The lowest BCUT2D eigenvalue weighted by Crippen LogP contribution is -2.52. The fraction of sp³-hybridized carbons (Fsp3) is 0.600. The molecule has 3 fully saturated rings. The van der Waals surface area contributed by atoms with Gasteiger partial charge in [-0.1, -0.05) is 6.07 Å². The number of likely N-dealkylation sites (N-methyl/N-ethyl adjacent to an activating group) is 1. The van der Waals surface area contributed by atoms with Crippen LogP contribution in [0.4, 0.5) is 5.82 Å². The molecule has 5 rings (SSSR count). The maximum atomic E-state index is 5.79. The molecule has 26 heavy (non-hydrogen) atoms. The minimum absolute atomic E-state index is 0.511. The van der Waals surface area contributed by atoms with Crippen molar-refractivity contribution >= 4 is 5.82 Å². The topological polar surface area (TPSA) is 72.0 Å². The summed E-state index contributed by atoms with van der Waals surface area (Å²) in [5.74, 6) is 2.26. The van der Waals surface area contributed by atoms with E-state index in [0.717, 1.165) is 44.0 Å². The van der Waals surface area contributed by atoms with Crippen molar-refractivity contribution in [2.75, 3.05) is 32.0 Å². The minimum Gasteiger partial charge on any atom is -0.365 e. The first-order valence-corrected chi connectivity index (χ1v) is 9.91. The molecule has 0 spiro atoms. The lowest BCUT2D eigenvalue weighted by atomic mass is 9.80. The second kappa shape index (κ2) is 6.35. The van der Waals surface area contributed by atoms with Gasteiger partial charge in [0, 0.05) is 30.8 Å². The Morgan fingerprint density at radius 3 is 2.73 bits per heavy atom. The zero-order valence-electron chi connectivity index (χ0n) is 15.4. The van der Waals surface area contributed by atoms with Crippen LogP contribution in [0.3, 0.4) is 0 Å². The van der Waals surface area contributed by atoms with Gasteiger partial charge in [0.1, 0.15) is 5.82 Å². The molecule has 3 aliphatic rings. The molecule has 0 unspecified atom stereocenters. The Hall–Kier alpha value is -1.92. The Kier molecular flexibility index (Phi) is 3.98. The average molecular weight is 352 g/mol. The van der Waals surface area contributed by atoms with Crippen molar-refractivity contribution in [1.29, 1.82) is 0 Å². The predicted octanol–water partition coefficient (Wildman–Crippen LogP) is 2.46. The van der Waals surface area contributed by atoms with E-state index in [0.29, 0.717) is 23.9 Å². The normalized spacial score (nSPS) is 26.4. The number of nitrogens with two attached hydrogens (primary N) is 1. The van der Waals surface area contributed by atoms with Gasteiger partial charge in [-0.3, -0.25) is 4.68 Å². The standard InChI is InChI=1S/C20H28N6/c1-25-10-15(11-25)22-19-4-2-3-18(23-19)17-12-26(16-7-13(8-16)9-21)24-20(17)14-5-6-14/h2-4,12-16H,5-11,21H2,1H3,(H,22,23). The summed E-state index contributed by atoms with van der Waals surface area (Å²) in [6.45, 7) is 2.97. The number of rotatable bonds is 6. The van der Waals surface area contributed by atoms with E-state index >= 15 is 0 Å². The van der Waals surface area contributed by atoms with E-state index < -0.39 is 0 Å². The van der Waals surface area contributed by atoms with E-state index in [-0.39, 0.29) is 0 Å². The number of nitrogens with zero attached hydrogens (tertiary/aromatic N) is 4. The van der Waals surface area contributed by atoms with Gasteiger partial charge < -0.3 is 16.0 Å². The summed E-state index contributed by atoms with van der Waals surface area (Å²) < 4.78 is 2.19. The molecule has 2 aromatic heterocycles. The van der Waals surface area contributed by atoms with Crippen LogP contribution >= 0.6 is 0 Å². The van der Waals surface area contributed by atoms with Crippen LogP contribution in [-0.2, 0) is 0 Å². The van der Waals surface area contributed by atoms with Gasteiger partial charge in [-0.25, -0.2) is 4.98 Å². The van der Waals surface area contributed by atoms with Crippen molar-refractivity contribution in [3.05, 3.63) is 30.1 Å². The summed E-state index contributed by atoms with van der Waals surface area (Å²) in [5.41, 5.74) is 9.30. The van der Waals surface area contributed by atoms with Crippen LogP contribution in [0.2, 0.25) is 0 Å². The van der Waals surface area contributed by atoms with Gasteiger partial charge >= 0.3 is 0 Å². The Labute approximate surface area is 154 Å². The van der Waals surface area contributed by atoms with Crippen LogP contribution in [0.25, 0.3) is 11.3 Å². The predicted molar refractivity (Wildman–Crippen MR) is 103 cm³/mol. The second-order valence-electron chi connectivity index (χ2n) is 8.38. The average Bonchev–Trinajstić information content (AvgIpc) is 3.33. The Bertz CT molecular complexity index is 783. The largest absolute Gasteiger partial charge is 0.365 e. The fourth-order valence-corrected chi connectivity index (χ4v) is 4.22. The molecule has 1 saturated heterocycles. The molecule has 6 heteroatoms. The molecule has 0 amide bonds. The van der Waals surface area contributed by atoms with E-state index in [4.69, 9.17) is 15.8 Å². The summed E-state index contributed by atoms with van der Waals surface area (Å²) in [4.78, 5) is 7.21. The van der Waals surface area contributed by atoms with Crippen LogP contribution in [0.1, 0.15) is 43.3 Å². The van der Waals surface area contributed by atoms with E-state index in [2.05, 4.69) is 46.3 Å². The minimum atomic E-state index is 0.511. The summed E-state index contributed by atoms with van der Waals surface area (Å²) in [5, 5.41) is 8.53. The number of hydrogen-bond acceptors (Lipinski definition) is 5. The quantitative estimate of drug-likeness (QED) is 0.835. The zero-order chi connectivity index (χ0) is 17.7. The first-order valence-electron chi connectivity index (χ1n) is 9.91. The molecule has 138 valence electrons. The molecule has 6 nitrogen and oxygen atoms in total. The molecule has 2 saturated carbocycles. The first kappa shape index (κ1) is 16.3. The monoisotopic (exact) mass is 352 g/mol. The van der Waals surface area contributed by atoms with Gasteiger partial charge in [-0.2, -0.15) is 5.10 Å². The van der Waals surface area contributed by atoms with E-state index in [1.54, 1.807) is 0 Å². The van der Waals surface area contributed by atoms with Crippen molar-refractivity contribution in [3.63, 3.8) is 0 Å². The lowest BCUT2D eigenvalue weighted by Gasteiger charge is -2.36. The number of hydrogen-bond donors (Lipinski definition) is 2. The SMILES string of the molecule is CN1CC(Nc2cccc(-c3cn(C4CC(CN)C4)nc3C3CC3)n2)C1. The van der Waals surface area contributed by atoms with Crippen molar-refractivity contribution < 1.29 is 0 Å². The van der Waals surface area contributed by atoms with Crippen molar-refractivity contribution in [1.82, 2.24) is 19.7 Å². The van der Waals surface area contributed by atoms with Crippen molar-refractivity contribution in [2.45, 2.75) is 43.7 Å². The van der Waals surface area contributed by atoms with E-state index in [1.807, 2.05) is 0 Å². The zero-order valence-corrected chi connectivity index (χ0v) is 15.4.